The molecular weight excluding hydrogens is 513 g/mol. The van der Waals surface area contributed by atoms with E-state index in [2.05, 4.69) is 22.8 Å². The maximum absolute atomic E-state index is 13.7. The molecule has 3 rings (SSSR count). The van der Waals surface area contributed by atoms with Crippen LogP contribution in [0.4, 0.5) is 4.79 Å². The lowest BCUT2D eigenvalue weighted by Crippen LogP contribution is -2.56. The van der Waals surface area contributed by atoms with Crippen LogP contribution in [0, 0.1) is 0 Å². The number of nitrogens with one attached hydrogen (secondary N) is 2. The van der Waals surface area contributed by atoms with Crippen molar-refractivity contribution in [2.75, 3.05) is 26.3 Å². The first-order chi connectivity index (χ1) is 18.7. The zero-order chi connectivity index (χ0) is 29.6. The summed E-state index contributed by atoms with van der Waals surface area (Å²) in [7, 11) is -0.693. The van der Waals surface area contributed by atoms with Gasteiger partial charge < -0.3 is 34.3 Å². The second-order valence-corrected chi connectivity index (χ2v) is 12.5. The van der Waals surface area contributed by atoms with E-state index < -0.39 is 47.9 Å². The Hall–Kier alpha value is -2.63. The number of hydrogen-bond donors (Lipinski definition) is 2. The van der Waals surface area contributed by atoms with Crippen LogP contribution in [0.1, 0.15) is 73.3 Å². The number of nitrogens with zero attached hydrogens (tertiary/aromatic N) is 1. The molecule has 11 heteroatoms. The van der Waals surface area contributed by atoms with Crippen LogP contribution in [-0.2, 0) is 34.8 Å². The van der Waals surface area contributed by atoms with Gasteiger partial charge >= 0.3 is 13.2 Å². The third-order valence-electron chi connectivity index (χ3n) is 7.50. The number of alkyl carbamates (subject to hydrolysis) is 1. The van der Waals surface area contributed by atoms with Crippen molar-refractivity contribution in [1.82, 2.24) is 15.5 Å². The predicted molar refractivity (Wildman–Crippen MR) is 153 cm³/mol. The number of aryl methyl sites for hydroxylation is 1. The fourth-order valence-electron chi connectivity index (χ4n) is 4.56. The number of hydrogen-bond acceptors (Lipinski definition) is 7. The molecule has 3 amide bonds. The normalized spacial score (nSPS) is 20.0. The van der Waals surface area contributed by atoms with Gasteiger partial charge in [0, 0.05) is 13.1 Å². The van der Waals surface area contributed by atoms with Crippen LogP contribution in [0.15, 0.2) is 30.3 Å². The van der Waals surface area contributed by atoms with Gasteiger partial charge in [-0.05, 0) is 73.3 Å². The molecule has 0 aromatic heterocycles. The molecule has 0 saturated carbocycles. The van der Waals surface area contributed by atoms with Crippen LogP contribution in [0.2, 0.25) is 0 Å². The Kier molecular flexibility index (Phi) is 10.7. The van der Waals surface area contributed by atoms with Gasteiger partial charge in [-0.3, -0.25) is 9.59 Å². The van der Waals surface area contributed by atoms with Gasteiger partial charge in [-0.2, -0.15) is 0 Å². The minimum absolute atomic E-state index is 0.203. The summed E-state index contributed by atoms with van der Waals surface area (Å²) < 4.78 is 23.3. The molecule has 2 aliphatic heterocycles. The second kappa shape index (κ2) is 13.4. The van der Waals surface area contributed by atoms with Crippen molar-refractivity contribution < 1.29 is 33.2 Å². The maximum atomic E-state index is 13.7. The number of ether oxygens (including phenoxy) is 2. The molecule has 0 bridgehead atoms. The minimum Gasteiger partial charge on any atom is -0.444 e. The predicted octanol–water partition coefficient (Wildman–Crippen LogP) is 3.27. The van der Waals surface area contributed by atoms with Crippen LogP contribution in [0.25, 0.3) is 0 Å². The molecule has 0 radical (unpaired) electrons. The van der Waals surface area contributed by atoms with E-state index in [1.165, 1.54) is 5.56 Å². The summed E-state index contributed by atoms with van der Waals surface area (Å²) in [5.74, 6) is -1.23. The van der Waals surface area contributed by atoms with Crippen molar-refractivity contribution in [1.29, 1.82) is 0 Å². The maximum Gasteiger partial charge on any atom is 0.481 e. The van der Waals surface area contributed by atoms with Crippen LogP contribution in [0.3, 0.4) is 0 Å². The number of carbonyl (C=O) groups excluding carboxylic acids is 3. The average Bonchev–Trinajstić information content (AvgIpc) is 3.09. The van der Waals surface area contributed by atoms with E-state index in [1.807, 2.05) is 45.9 Å². The van der Waals surface area contributed by atoms with E-state index >= 15 is 0 Å². The topological polar surface area (TPSA) is 115 Å². The van der Waals surface area contributed by atoms with Gasteiger partial charge in [-0.25, -0.2) is 4.79 Å². The molecule has 1 aromatic rings. The summed E-state index contributed by atoms with van der Waals surface area (Å²) in [6.45, 7) is 14.8. The van der Waals surface area contributed by atoms with E-state index in [0.29, 0.717) is 32.7 Å². The van der Waals surface area contributed by atoms with Crippen molar-refractivity contribution in [2.24, 2.45) is 0 Å². The highest BCUT2D eigenvalue weighted by Gasteiger charge is 2.54. The van der Waals surface area contributed by atoms with E-state index in [4.69, 9.17) is 18.8 Å². The second-order valence-electron chi connectivity index (χ2n) is 12.5. The van der Waals surface area contributed by atoms with Crippen molar-refractivity contribution >= 4 is 25.0 Å². The van der Waals surface area contributed by atoms with Crippen molar-refractivity contribution in [2.45, 2.75) is 103 Å². The fraction of sp³-hybridized carbons (Fsp3) is 0.690. The molecule has 2 saturated heterocycles. The Morgan fingerprint density at radius 1 is 1.00 bits per heavy atom. The third kappa shape index (κ3) is 9.21. The van der Waals surface area contributed by atoms with Crippen molar-refractivity contribution in [3.8, 4) is 0 Å². The smallest absolute Gasteiger partial charge is 0.444 e. The molecule has 0 unspecified atom stereocenters. The highest BCUT2D eigenvalue weighted by atomic mass is 16.7. The number of morpholine rings is 1. The molecule has 0 spiro atoms. The van der Waals surface area contributed by atoms with E-state index in [-0.39, 0.29) is 12.3 Å². The van der Waals surface area contributed by atoms with E-state index in [1.54, 1.807) is 25.7 Å². The first-order valence-corrected chi connectivity index (χ1v) is 14.2. The van der Waals surface area contributed by atoms with Gasteiger partial charge in [0.25, 0.3) is 0 Å². The fourth-order valence-corrected chi connectivity index (χ4v) is 4.56. The summed E-state index contributed by atoms with van der Waals surface area (Å²) in [5.41, 5.74) is -0.731. The summed E-state index contributed by atoms with van der Waals surface area (Å²) in [4.78, 5) is 41.1. The number of rotatable bonds is 10. The Morgan fingerprint density at radius 3 is 2.17 bits per heavy atom. The Bertz CT molecular complexity index is 991. The Labute approximate surface area is 239 Å². The van der Waals surface area contributed by atoms with Gasteiger partial charge in [-0.1, -0.05) is 30.3 Å². The Balaban J connectivity index is 1.76. The van der Waals surface area contributed by atoms with Gasteiger partial charge in [0.05, 0.1) is 36.8 Å². The molecule has 1 aromatic carbocycles. The highest BCUT2D eigenvalue weighted by Crippen LogP contribution is 2.38. The standard InChI is InChI=1S/C29H46BN3O7/c1-27(2,3)38-26(36)31-22(20-24(34)33-16-18-37-19-17-33)25(35)32-23(15-11-14-21-12-9-8-10-13-21)30-39-28(4,5)29(6,7)40-30/h8-10,12-13,22-23H,11,14-20H2,1-7H3,(H,31,36)(H,32,35)/t22-,23-/m1/s1. The zero-order valence-corrected chi connectivity index (χ0v) is 25.1. The molecule has 2 aliphatic rings. The number of carbonyl (C=O) groups is 3. The lowest BCUT2D eigenvalue weighted by atomic mass is 9.75. The quantitative estimate of drug-likeness (QED) is 0.423. The van der Waals surface area contributed by atoms with Crippen molar-refractivity contribution in [3.63, 3.8) is 0 Å². The summed E-state index contributed by atoms with van der Waals surface area (Å²) in [5, 5.41) is 5.66. The monoisotopic (exact) mass is 559 g/mol. The molecule has 10 nitrogen and oxygen atoms in total. The zero-order valence-electron chi connectivity index (χ0n) is 25.1. The van der Waals surface area contributed by atoms with E-state index in [9.17, 15) is 14.4 Å². The van der Waals surface area contributed by atoms with E-state index in [0.717, 1.165) is 12.8 Å². The van der Waals surface area contributed by atoms with Crippen LogP contribution < -0.4 is 10.6 Å². The van der Waals surface area contributed by atoms with Gasteiger partial charge in [0.2, 0.25) is 11.8 Å². The summed E-state index contributed by atoms with van der Waals surface area (Å²) in [6, 6.07) is 8.99. The van der Waals surface area contributed by atoms with Gasteiger partial charge in [0.15, 0.2) is 0 Å². The van der Waals surface area contributed by atoms with Crippen LogP contribution in [-0.4, -0.2) is 85.0 Å². The number of amides is 3. The third-order valence-corrected chi connectivity index (χ3v) is 7.50. The SMILES string of the molecule is CC(C)(C)OC(=O)N[C@H](CC(=O)N1CCOCC1)C(=O)N[C@H](CCCc1ccccc1)B1OC(C)(C)C(C)(C)O1. The molecule has 2 atom stereocenters. The first kappa shape index (κ1) is 31.9. The van der Waals surface area contributed by atoms with Crippen molar-refractivity contribution in [3.05, 3.63) is 35.9 Å². The highest BCUT2D eigenvalue weighted by molar-refractivity contribution is 6.48. The largest absolute Gasteiger partial charge is 0.481 e. The molecular formula is C29H46BN3O7. The molecule has 2 heterocycles. The first-order valence-electron chi connectivity index (χ1n) is 14.2. The van der Waals surface area contributed by atoms with Gasteiger partial charge in [0.1, 0.15) is 11.6 Å². The summed E-state index contributed by atoms with van der Waals surface area (Å²) >= 11 is 0. The molecule has 222 valence electrons. The summed E-state index contributed by atoms with van der Waals surface area (Å²) in [6.07, 6.45) is 1.20. The molecule has 0 aliphatic carbocycles. The van der Waals surface area contributed by atoms with Crippen LogP contribution >= 0.6 is 0 Å². The lowest BCUT2D eigenvalue weighted by Gasteiger charge is -2.32. The lowest BCUT2D eigenvalue weighted by molar-refractivity contribution is -0.138. The average molecular weight is 560 g/mol. The molecule has 2 fully saturated rings. The minimum atomic E-state index is -1.13. The van der Waals surface area contributed by atoms with Crippen LogP contribution in [0.5, 0.6) is 0 Å². The van der Waals surface area contributed by atoms with Gasteiger partial charge in [-0.15, -0.1) is 0 Å². The molecule has 2 N–H and O–H groups in total. The Morgan fingerprint density at radius 2 is 1.60 bits per heavy atom. The molecule has 40 heavy (non-hydrogen) atoms. The number of benzene rings is 1.